The third-order valence-corrected chi connectivity index (χ3v) is 4.33. The second-order valence-electron chi connectivity index (χ2n) is 5.92. The van der Waals surface area contributed by atoms with Crippen LogP contribution < -0.4 is 4.90 Å². The van der Waals surface area contributed by atoms with Crippen molar-refractivity contribution in [2.45, 2.75) is 6.42 Å². The van der Waals surface area contributed by atoms with Gasteiger partial charge in [0.05, 0.1) is 5.92 Å². The highest BCUT2D eigenvalue weighted by atomic mass is 35.5. The Labute approximate surface area is 154 Å². The van der Waals surface area contributed by atoms with E-state index in [2.05, 4.69) is 0 Å². The highest BCUT2D eigenvalue weighted by Gasteiger charge is 2.36. The molecule has 3 rings (SSSR count). The maximum Gasteiger partial charge on any atom is 0.311 e. The predicted molar refractivity (Wildman–Crippen MR) is 93.6 cm³/mol. The number of carbonyl (C=O) groups excluding carboxylic acids is 3. The molecule has 134 valence electrons. The van der Waals surface area contributed by atoms with Crippen molar-refractivity contribution in [2.24, 2.45) is 5.92 Å². The molecule has 7 heteroatoms. The molecule has 0 saturated carbocycles. The Morgan fingerprint density at radius 2 is 1.92 bits per heavy atom. The summed E-state index contributed by atoms with van der Waals surface area (Å²) < 4.78 is 17.9. The number of esters is 1. The Morgan fingerprint density at radius 1 is 1.19 bits per heavy atom. The maximum atomic E-state index is 12.9. The number of nitrogens with zero attached hydrogens (tertiary/aromatic N) is 1. The van der Waals surface area contributed by atoms with Crippen LogP contribution in [0.25, 0.3) is 0 Å². The first-order valence-corrected chi connectivity index (χ1v) is 8.33. The quantitative estimate of drug-likeness (QED) is 0.594. The van der Waals surface area contributed by atoms with Crippen molar-refractivity contribution < 1.29 is 23.5 Å². The van der Waals surface area contributed by atoms with Gasteiger partial charge in [0.1, 0.15) is 5.82 Å². The number of carbonyl (C=O) groups is 3. The molecule has 0 spiro atoms. The lowest BCUT2D eigenvalue weighted by Crippen LogP contribution is -2.27. The van der Waals surface area contributed by atoms with Crippen molar-refractivity contribution in [1.29, 1.82) is 0 Å². The summed E-state index contributed by atoms with van der Waals surface area (Å²) in [6.45, 7) is -0.283. The molecule has 1 aliphatic rings. The second-order valence-corrected chi connectivity index (χ2v) is 6.36. The number of amides is 1. The van der Waals surface area contributed by atoms with Gasteiger partial charge in [-0.3, -0.25) is 14.4 Å². The highest BCUT2D eigenvalue weighted by Crippen LogP contribution is 2.27. The number of hydrogen-bond donors (Lipinski definition) is 0. The monoisotopic (exact) mass is 375 g/mol. The van der Waals surface area contributed by atoms with Gasteiger partial charge in [-0.05, 0) is 42.5 Å². The van der Waals surface area contributed by atoms with Crippen LogP contribution in [0.15, 0.2) is 48.5 Å². The van der Waals surface area contributed by atoms with Gasteiger partial charge in [-0.1, -0.05) is 17.7 Å². The van der Waals surface area contributed by atoms with Crippen molar-refractivity contribution in [1.82, 2.24) is 0 Å². The number of halogens is 2. The molecular formula is C19H15ClFNO4. The van der Waals surface area contributed by atoms with Gasteiger partial charge in [-0.25, -0.2) is 4.39 Å². The summed E-state index contributed by atoms with van der Waals surface area (Å²) >= 11 is 5.93. The summed E-state index contributed by atoms with van der Waals surface area (Å²) in [6.07, 6.45) is 0.0100. The van der Waals surface area contributed by atoms with Gasteiger partial charge in [-0.15, -0.1) is 0 Å². The van der Waals surface area contributed by atoms with Gasteiger partial charge in [0.2, 0.25) is 5.91 Å². The zero-order valence-corrected chi connectivity index (χ0v) is 14.4. The van der Waals surface area contributed by atoms with Crippen molar-refractivity contribution >= 4 is 34.9 Å². The molecule has 1 aliphatic heterocycles. The Bertz CT molecular complexity index is 853. The minimum atomic E-state index is -0.650. The molecule has 1 saturated heterocycles. The summed E-state index contributed by atoms with van der Waals surface area (Å²) in [6, 6.07) is 11.8. The van der Waals surface area contributed by atoms with Gasteiger partial charge in [0.15, 0.2) is 12.4 Å². The number of anilines is 1. The molecular weight excluding hydrogens is 361 g/mol. The number of benzene rings is 2. The van der Waals surface area contributed by atoms with E-state index < -0.39 is 30.1 Å². The van der Waals surface area contributed by atoms with Crippen LogP contribution in [0.5, 0.6) is 0 Å². The smallest absolute Gasteiger partial charge is 0.311 e. The van der Waals surface area contributed by atoms with Crippen LogP contribution in [0, 0.1) is 11.7 Å². The lowest BCUT2D eigenvalue weighted by Gasteiger charge is -2.16. The third-order valence-electron chi connectivity index (χ3n) is 4.09. The predicted octanol–water partition coefficient (Wildman–Crippen LogP) is 3.26. The number of ether oxygens (including phenoxy) is 1. The van der Waals surface area contributed by atoms with Crippen molar-refractivity contribution in [2.75, 3.05) is 18.1 Å². The van der Waals surface area contributed by atoms with Gasteiger partial charge in [-0.2, -0.15) is 0 Å². The Morgan fingerprint density at radius 3 is 2.62 bits per heavy atom. The average Bonchev–Trinajstić information content (AvgIpc) is 3.02. The first kappa shape index (κ1) is 18.1. The van der Waals surface area contributed by atoms with Crippen molar-refractivity contribution in [3.8, 4) is 0 Å². The van der Waals surface area contributed by atoms with Gasteiger partial charge in [0.25, 0.3) is 0 Å². The van der Waals surface area contributed by atoms with Crippen LogP contribution in [-0.4, -0.2) is 30.8 Å². The average molecular weight is 376 g/mol. The zero-order chi connectivity index (χ0) is 18.7. The van der Waals surface area contributed by atoms with Crippen LogP contribution >= 0.6 is 11.6 Å². The number of ketones is 1. The largest absolute Gasteiger partial charge is 0.457 e. The normalized spacial score (nSPS) is 16.6. The van der Waals surface area contributed by atoms with E-state index in [1.54, 1.807) is 24.3 Å². The van der Waals surface area contributed by atoms with Crippen molar-refractivity contribution in [3.05, 3.63) is 64.9 Å². The molecule has 1 fully saturated rings. The SMILES string of the molecule is O=C(COC(=O)C1CC(=O)N(c2cccc(Cl)c2)C1)c1ccc(F)cc1. The minimum Gasteiger partial charge on any atom is -0.457 e. The first-order chi connectivity index (χ1) is 12.4. The third kappa shape index (κ3) is 4.08. The molecule has 0 bridgehead atoms. The summed E-state index contributed by atoms with van der Waals surface area (Å²) in [5.74, 6) is -2.36. The van der Waals surface area contributed by atoms with Crippen LogP contribution in [0.1, 0.15) is 16.8 Å². The molecule has 2 aromatic carbocycles. The maximum absolute atomic E-state index is 12.9. The van der Waals surface area contributed by atoms with E-state index in [0.717, 1.165) is 12.1 Å². The summed E-state index contributed by atoms with van der Waals surface area (Å²) in [5, 5.41) is 0.492. The van der Waals surface area contributed by atoms with E-state index in [4.69, 9.17) is 16.3 Å². The number of rotatable bonds is 5. The molecule has 1 amide bonds. The first-order valence-electron chi connectivity index (χ1n) is 7.95. The standard InChI is InChI=1S/C19H15ClFNO4/c20-14-2-1-3-16(9-14)22-10-13(8-18(22)24)19(25)26-11-17(23)12-4-6-15(21)7-5-12/h1-7,9,13H,8,10-11H2. The van der Waals surface area contributed by atoms with E-state index >= 15 is 0 Å². The molecule has 5 nitrogen and oxygen atoms in total. The summed E-state index contributed by atoms with van der Waals surface area (Å²) in [4.78, 5) is 37.8. The van der Waals surface area contributed by atoms with Crippen LogP contribution in [0.3, 0.4) is 0 Å². The fraction of sp³-hybridized carbons (Fsp3) is 0.211. The van der Waals surface area contributed by atoms with Crippen LogP contribution in [-0.2, 0) is 14.3 Å². The molecule has 0 aromatic heterocycles. The van der Waals surface area contributed by atoms with Crippen LogP contribution in [0.4, 0.5) is 10.1 Å². The summed E-state index contributed by atoms with van der Waals surface area (Å²) in [5.41, 5.74) is 0.863. The molecule has 1 unspecified atom stereocenters. The van der Waals surface area contributed by atoms with Gasteiger partial charge >= 0.3 is 5.97 Å². The van der Waals surface area contributed by atoms with E-state index in [0.29, 0.717) is 10.7 Å². The van der Waals surface area contributed by atoms with Crippen LogP contribution in [0.2, 0.25) is 5.02 Å². The molecule has 0 aliphatic carbocycles. The van der Waals surface area contributed by atoms with E-state index in [1.165, 1.54) is 17.0 Å². The molecule has 1 atom stereocenters. The fourth-order valence-corrected chi connectivity index (χ4v) is 2.92. The molecule has 1 heterocycles. The zero-order valence-electron chi connectivity index (χ0n) is 13.7. The van der Waals surface area contributed by atoms with E-state index in [-0.39, 0.29) is 24.4 Å². The van der Waals surface area contributed by atoms with E-state index in [1.807, 2.05) is 0 Å². The second kappa shape index (κ2) is 7.66. The Balaban J connectivity index is 1.58. The molecule has 0 N–H and O–H groups in total. The van der Waals surface area contributed by atoms with Crippen molar-refractivity contribution in [3.63, 3.8) is 0 Å². The number of Topliss-reactive ketones (excluding diaryl/α,β-unsaturated/α-hetero) is 1. The molecule has 26 heavy (non-hydrogen) atoms. The minimum absolute atomic E-state index is 0.0100. The van der Waals surface area contributed by atoms with Gasteiger partial charge in [0, 0.05) is 29.2 Å². The highest BCUT2D eigenvalue weighted by molar-refractivity contribution is 6.31. The van der Waals surface area contributed by atoms with E-state index in [9.17, 15) is 18.8 Å². The Kier molecular flexibility index (Phi) is 5.32. The fourth-order valence-electron chi connectivity index (χ4n) is 2.73. The number of hydrogen-bond acceptors (Lipinski definition) is 4. The molecule has 0 radical (unpaired) electrons. The Hall–Kier alpha value is -2.73. The van der Waals surface area contributed by atoms with Gasteiger partial charge < -0.3 is 9.64 Å². The lowest BCUT2D eigenvalue weighted by atomic mass is 10.1. The topological polar surface area (TPSA) is 63.7 Å². The lowest BCUT2D eigenvalue weighted by molar-refractivity contribution is -0.147. The molecule has 2 aromatic rings. The summed E-state index contributed by atoms with van der Waals surface area (Å²) in [7, 11) is 0.